The molecule has 0 amide bonds. The molecule has 0 aliphatic rings. The van der Waals surface area contributed by atoms with E-state index in [1.54, 1.807) is 0 Å². The molecule has 0 rings (SSSR count). The van der Waals surface area contributed by atoms with E-state index < -0.39 is 0 Å². The van der Waals surface area contributed by atoms with Gasteiger partial charge in [-0.05, 0) is 0 Å². The summed E-state index contributed by atoms with van der Waals surface area (Å²) in [5.74, 6) is 0.816. The van der Waals surface area contributed by atoms with Gasteiger partial charge in [0.05, 0.1) is 0 Å². The third-order valence-electron chi connectivity index (χ3n) is 0.852. The third-order valence-corrected chi connectivity index (χ3v) is 2.56. The summed E-state index contributed by atoms with van der Waals surface area (Å²) >= 11 is 0.288. The minimum absolute atomic E-state index is 0. The van der Waals surface area contributed by atoms with E-state index >= 15 is 0 Å². The Balaban J connectivity index is 0. The Bertz CT molecular complexity index is 50.3. The van der Waals surface area contributed by atoms with Crippen LogP contribution in [-0.4, -0.2) is 22.2 Å². The van der Waals surface area contributed by atoms with Gasteiger partial charge in [0.25, 0.3) is 0 Å². The largest absolute Gasteiger partial charge is 1.00 e. The summed E-state index contributed by atoms with van der Waals surface area (Å²) in [7, 11) is 0. The van der Waals surface area contributed by atoms with Gasteiger partial charge in [-0.15, -0.1) is 0 Å². The van der Waals surface area contributed by atoms with Gasteiger partial charge in [-0.1, -0.05) is 0 Å². The molecule has 0 aromatic heterocycles. The third kappa shape index (κ3) is 12.1. The van der Waals surface area contributed by atoms with Gasteiger partial charge in [0.1, 0.15) is 0 Å². The van der Waals surface area contributed by atoms with Crippen LogP contribution in [0.3, 0.4) is 0 Å². The maximum absolute atomic E-state index is 5.23. The molecule has 0 atom stereocenters. The first-order chi connectivity index (χ1) is 3.77. The van der Waals surface area contributed by atoms with Crippen LogP contribution < -0.4 is 12.4 Å². The van der Waals surface area contributed by atoms with E-state index in [0.29, 0.717) is 0 Å². The zero-order valence-electron chi connectivity index (χ0n) is 6.36. The van der Waals surface area contributed by atoms with Crippen molar-refractivity contribution in [2.45, 2.75) is 26.1 Å². The monoisotopic (exact) mass is 164 g/mol. The number of hydrogen-bond acceptors (Lipinski definition) is 1. The summed E-state index contributed by atoms with van der Waals surface area (Å²) in [5, 5.41) is 1.27. The average Bonchev–Trinajstić information content (AvgIpc) is 1.66. The van der Waals surface area contributed by atoms with Crippen LogP contribution in [0.2, 0.25) is 5.28 Å². The topological polar surface area (TPSA) is 9.23 Å². The van der Waals surface area contributed by atoms with Crippen LogP contribution in [0.25, 0.3) is 0 Å². The predicted molar refractivity (Wildman–Crippen MR) is 37.0 cm³/mol. The maximum Gasteiger partial charge on any atom is -1.00 e. The molecule has 0 aromatic rings. The van der Waals surface area contributed by atoms with Gasteiger partial charge in [0.15, 0.2) is 0 Å². The van der Waals surface area contributed by atoms with Gasteiger partial charge in [-0.2, -0.15) is 0 Å². The Morgan fingerprint density at radius 1 is 1.44 bits per heavy atom. The minimum atomic E-state index is 0. The average molecular weight is 165 g/mol. The van der Waals surface area contributed by atoms with Crippen molar-refractivity contribution < 1.29 is 16.2 Å². The van der Waals surface area contributed by atoms with Crippen molar-refractivity contribution in [3.8, 4) is 0 Å². The standard InChI is InChI=1S/C4H9.C2H5O.Al.ClH/c1-4(2)3;1-2-3;;/h4H,1H2,2-3H3;2H2,1H3;;1H/q;-1;+2;/p-1. The van der Waals surface area contributed by atoms with Crippen LogP contribution in [0.5, 0.6) is 0 Å². The van der Waals surface area contributed by atoms with Crippen molar-refractivity contribution >= 4 is 15.6 Å². The molecule has 0 spiro atoms. The minimum Gasteiger partial charge on any atom is -1.00 e. The fourth-order valence-corrected chi connectivity index (χ4v) is 1.14. The SMILES string of the molecule is CC[O][Al+][CH2]C(C)C.[Cl-]. The summed E-state index contributed by atoms with van der Waals surface area (Å²) < 4.78 is 5.23. The second kappa shape index (κ2) is 8.78. The molecule has 0 aliphatic heterocycles. The molecule has 0 unspecified atom stereocenters. The van der Waals surface area contributed by atoms with E-state index in [-0.39, 0.29) is 28.0 Å². The molecule has 3 heteroatoms. The molecular weight excluding hydrogens is 150 g/mol. The van der Waals surface area contributed by atoms with Crippen molar-refractivity contribution in [1.82, 2.24) is 0 Å². The summed E-state index contributed by atoms with van der Waals surface area (Å²) in [6, 6.07) is 0. The molecule has 1 nitrogen and oxygen atoms in total. The molecule has 0 saturated carbocycles. The molecule has 9 heavy (non-hydrogen) atoms. The van der Waals surface area contributed by atoms with E-state index in [2.05, 4.69) is 13.8 Å². The molecule has 0 N–H and O–H groups in total. The molecule has 0 saturated heterocycles. The van der Waals surface area contributed by atoms with E-state index in [1.165, 1.54) is 5.28 Å². The van der Waals surface area contributed by atoms with Gasteiger partial charge < -0.3 is 12.4 Å². The van der Waals surface area contributed by atoms with Crippen LogP contribution in [0.4, 0.5) is 0 Å². The number of halogens is 1. The van der Waals surface area contributed by atoms with Gasteiger partial charge in [-0.3, -0.25) is 0 Å². The first-order valence-electron chi connectivity index (χ1n) is 3.20. The molecule has 0 heterocycles. The zero-order chi connectivity index (χ0) is 6.41. The van der Waals surface area contributed by atoms with Crippen LogP contribution in [0.15, 0.2) is 0 Å². The molecule has 0 radical (unpaired) electrons. The quantitative estimate of drug-likeness (QED) is 0.372. The van der Waals surface area contributed by atoms with Gasteiger partial charge in [0.2, 0.25) is 0 Å². The van der Waals surface area contributed by atoms with Gasteiger partial charge >= 0.3 is 57.9 Å². The van der Waals surface area contributed by atoms with Crippen LogP contribution in [-0.2, 0) is 3.79 Å². The summed E-state index contributed by atoms with van der Waals surface area (Å²) in [6.45, 7) is 7.40. The Kier molecular flexibility index (Phi) is 12.2. The maximum atomic E-state index is 5.23. The summed E-state index contributed by atoms with van der Waals surface area (Å²) in [5.41, 5.74) is 0. The van der Waals surface area contributed by atoms with Crippen molar-refractivity contribution in [1.29, 1.82) is 0 Å². The Morgan fingerprint density at radius 2 is 2.00 bits per heavy atom. The Hall–Kier alpha value is 0.782. The Morgan fingerprint density at radius 3 is 2.33 bits per heavy atom. The fraction of sp³-hybridized carbons (Fsp3) is 1.00. The van der Waals surface area contributed by atoms with Gasteiger partial charge in [-0.25, -0.2) is 0 Å². The van der Waals surface area contributed by atoms with Crippen molar-refractivity contribution in [3.05, 3.63) is 0 Å². The van der Waals surface area contributed by atoms with E-state index in [1.807, 2.05) is 6.92 Å². The van der Waals surface area contributed by atoms with Gasteiger partial charge in [0, 0.05) is 0 Å². The van der Waals surface area contributed by atoms with E-state index in [4.69, 9.17) is 3.79 Å². The molecule has 0 bridgehead atoms. The molecule has 54 valence electrons. The Labute approximate surface area is 70.6 Å². The predicted octanol–water partition coefficient (Wildman–Crippen LogP) is -1.28. The van der Waals surface area contributed by atoms with Crippen LogP contribution in [0, 0.1) is 5.92 Å². The van der Waals surface area contributed by atoms with E-state index in [9.17, 15) is 0 Å². The van der Waals surface area contributed by atoms with Crippen molar-refractivity contribution in [2.24, 2.45) is 5.92 Å². The number of rotatable bonds is 4. The van der Waals surface area contributed by atoms with E-state index in [0.717, 1.165) is 12.5 Å². The molecular formula is C6H14AlClO. The molecule has 0 aliphatic carbocycles. The zero-order valence-corrected chi connectivity index (χ0v) is 8.27. The van der Waals surface area contributed by atoms with Crippen molar-refractivity contribution in [3.63, 3.8) is 0 Å². The molecule has 0 aromatic carbocycles. The summed E-state index contributed by atoms with van der Waals surface area (Å²) in [6.07, 6.45) is 0. The second-order valence-electron chi connectivity index (χ2n) is 2.25. The van der Waals surface area contributed by atoms with Crippen LogP contribution in [0.1, 0.15) is 20.8 Å². The normalized spacial score (nSPS) is 8.44. The first kappa shape index (κ1) is 12.5. The fourth-order valence-electron chi connectivity index (χ4n) is 0.378. The first-order valence-corrected chi connectivity index (χ1v) is 4.49. The number of hydrogen-bond donors (Lipinski definition) is 0. The second-order valence-corrected chi connectivity index (χ2v) is 3.39. The molecule has 0 fully saturated rings. The summed E-state index contributed by atoms with van der Waals surface area (Å²) in [4.78, 5) is 0. The van der Waals surface area contributed by atoms with Crippen LogP contribution >= 0.6 is 0 Å². The van der Waals surface area contributed by atoms with Crippen molar-refractivity contribution in [2.75, 3.05) is 6.61 Å². The smallest absolute Gasteiger partial charge is 1.00 e.